The van der Waals surface area contributed by atoms with Crippen molar-refractivity contribution in [2.75, 3.05) is 0 Å². The number of hydrogen-bond acceptors (Lipinski definition) is 2. The number of carboxylic acids is 2. The minimum Gasteiger partial charge on any atom is -1.00 e. The second-order valence-electron chi connectivity index (χ2n) is 3.09. The Hall–Kier alpha value is -0.463. The number of aliphatic carboxylic acids is 2. The Labute approximate surface area is 91.0 Å². The van der Waals surface area contributed by atoms with Crippen LogP contribution >= 0.6 is 0 Å². The molecule has 0 aliphatic heterocycles. The van der Waals surface area contributed by atoms with Crippen LogP contribution in [0.15, 0.2) is 0 Å². The summed E-state index contributed by atoms with van der Waals surface area (Å²) in [6, 6.07) is 0. The third-order valence-corrected chi connectivity index (χ3v) is 2.31. The maximum atomic E-state index is 10.8. The molecule has 72 valence electrons. The van der Waals surface area contributed by atoms with Crippen LogP contribution < -0.4 is 18.9 Å². The van der Waals surface area contributed by atoms with E-state index in [1.807, 2.05) is 0 Å². The SMILES string of the molecule is CCC(C(=O)O)(C(=O)O)C(C)C.[H-].[Li+]. The number of carboxylic acid groups (broad SMARTS) is 2. The quantitative estimate of drug-likeness (QED) is 0.402. The van der Waals surface area contributed by atoms with Crippen molar-refractivity contribution in [1.82, 2.24) is 0 Å². The van der Waals surface area contributed by atoms with E-state index in [9.17, 15) is 9.59 Å². The van der Waals surface area contributed by atoms with Crippen LogP contribution in [0.4, 0.5) is 0 Å². The summed E-state index contributed by atoms with van der Waals surface area (Å²) in [6.45, 7) is 4.78. The molecule has 0 atom stereocenters. The van der Waals surface area contributed by atoms with Gasteiger partial charge in [-0.3, -0.25) is 9.59 Å². The molecule has 0 aliphatic carbocycles. The first kappa shape index (κ1) is 15.0. The first-order chi connectivity index (χ1) is 5.39. The van der Waals surface area contributed by atoms with Gasteiger partial charge in [0.25, 0.3) is 0 Å². The molecule has 0 fully saturated rings. The van der Waals surface area contributed by atoms with Gasteiger partial charge in [-0.2, -0.15) is 0 Å². The van der Waals surface area contributed by atoms with Gasteiger partial charge in [0.1, 0.15) is 0 Å². The third-order valence-electron chi connectivity index (χ3n) is 2.31. The third kappa shape index (κ3) is 2.49. The Bertz CT molecular complexity index is 192. The van der Waals surface area contributed by atoms with E-state index in [4.69, 9.17) is 10.2 Å². The number of hydrogen-bond donors (Lipinski definition) is 2. The fourth-order valence-electron chi connectivity index (χ4n) is 1.30. The first-order valence-electron chi connectivity index (χ1n) is 3.86. The van der Waals surface area contributed by atoms with Crippen molar-refractivity contribution in [1.29, 1.82) is 0 Å². The fraction of sp³-hybridized carbons (Fsp3) is 0.750. The Morgan fingerprint density at radius 1 is 1.31 bits per heavy atom. The molecule has 0 saturated heterocycles. The van der Waals surface area contributed by atoms with Crippen LogP contribution in [0.5, 0.6) is 0 Å². The van der Waals surface area contributed by atoms with Gasteiger partial charge in [0.15, 0.2) is 5.41 Å². The zero-order chi connectivity index (χ0) is 9.94. The summed E-state index contributed by atoms with van der Waals surface area (Å²) in [5.41, 5.74) is -1.63. The molecule has 0 radical (unpaired) electrons. The van der Waals surface area contributed by atoms with Crippen molar-refractivity contribution >= 4 is 11.9 Å². The molecule has 5 heteroatoms. The molecule has 0 unspecified atom stereocenters. The smallest absolute Gasteiger partial charge is 1.00 e. The van der Waals surface area contributed by atoms with E-state index >= 15 is 0 Å². The van der Waals surface area contributed by atoms with Crippen LogP contribution in [-0.4, -0.2) is 22.2 Å². The predicted octanol–water partition coefficient (Wildman–Crippen LogP) is -1.68. The largest absolute Gasteiger partial charge is 1.00 e. The minimum atomic E-state index is -1.63. The predicted molar refractivity (Wildman–Crippen MR) is 43.9 cm³/mol. The summed E-state index contributed by atoms with van der Waals surface area (Å²) >= 11 is 0. The first-order valence-corrected chi connectivity index (χ1v) is 3.86. The Kier molecular flexibility index (Phi) is 6.14. The van der Waals surface area contributed by atoms with E-state index in [-0.39, 0.29) is 26.7 Å². The topological polar surface area (TPSA) is 74.6 Å². The van der Waals surface area contributed by atoms with Gasteiger partial charge in [0, 0.05) is 0 Å². The summed E-state index contributed by atoms with van der Waals surface area (Å²) in [6.07, 6.45) is 0.106. The van der Waals surface area contributed by atoms with E-state index in [1.165, 1.54) is 0 Å². The summed E-state index contributed by atoms with van der Waals surface area (Å²) in [4.78, 5) is 21.5. The van der Waals surface area contributed by atoms with Gasteiger partial charge in [-0.25, -0.2) is 0 Å². The summed E-state index contributed by atoms with van der Waals surface area (Å²) in [5, 5.41) is 17.6. The molecule has 0 heterocycles. The van der Waals surface area contributed by atoms with E-state index in [2.05, 4.69) is 0 Å². The zero-order valence-corrected chi connectivity index (χ0v) is 8.50. The number of rotatable bonds is 4. The average molecular weight is 182 g/mol. The van der Waals surface area contributed by atoms with E-state index in [1.54, 1.807) is 20.8 Å². The van der Waals surface area contributed by atoms with Crippen molar-refractivity contribution in [2.45, 2.75) is 27.2 Å². The van der Waals surface area contributed by atoms with Crippen LogP contribution in [0.25, 0.3) is 0 Å². The molecule has 0 aromatic rings. The maximum Gasteiger partial charge on any atom is 1.00 e. The molecule has 0 rings (SSSR count). The van der Waals surface area contributed by atoms with Crippen LogP contribution in [0, 0.1) is 11.3 Å². The molecule has 2 N–H and O–H groups in total. The maximum absolute atomic E-state index is 10.8. The number of carbonyl (C=O) groups is 2. The minimum absolute atomic E-state index is 0. The molecule has 0 aromatic heterocycles. The molecule has 0 saturated carbocycles. The van der Waals surface area contributed by atoms with Gasteiger partial charge in [0.2, 0.25) is 0 Å². The van der Waals surface area contributed by atoms with Gasteiger partial charge in [0.05, 0.1) is 0 Å². The van der Waals surface area contributed by atoms with Gasteiger partial charge < -0.3 is 11.6 Å². The summed E-state index contributed by atoms with van der Waals surface area (Å²) in [5.74, 6) is -2.92. The van der Waals surface area contributed by atoms with Gasteiger partial charge >= 0.3 is 30.8 Å². The Morgan fingerprint density at radius 2 is 1.62 bits per heavy atom. The molecule has 0 bridgehead atoms. The monoisotopic (exact) mass is 182 g/mol. The van der Waals surface area contributed by atoms with E-state index < -0.39 is 23.3 Å². The van der Waals surface area contributed by atoms with Crippen LogP contribution in [-0.2, 0) is 9.59 Å². The normalized spacial score (nSPS) is 10.8. The molecular weight excluding hydrogens is 167 g/mol. The Balaban J connectivity index is -0.000000605. The van der Waals surface area contributed by atoms with Gasteiger partial charge in [-0.05, 0) is 12.3 Å². The zero-order valence-electron chi connectivity index (χ0n) is 9.50. The summed E-state index contributed by atoms with van der Waals surface area (Å²) in [7, 11) is 0. The second-order valence-corrected chi connectivity index (χ2v) is 3.09. The molecule has 4 nitrogen and oxygen atoms in total. The van der Waals surface area contributed by atoms with Gasteiger partial charge in [-0.1, -0.05) is 20.8 Å². The fourth-order valence-corrected chi connectivity index (χ4v) is 1.30. The van der Waals surface area contributed by atoms with Crippen LogP contribution in [0.2, 0.25) is 0 Å². The standard InChI is InChI=1S/C8H14O4.Li.H/c1-4-8(5(2)3,6(9)10)7(11)12;;/h5H,4H2,1-3H3,(H,9,10)(H,11,12);;/q;+1;-1. The van der Waals surface area contributed by atoms with Crippen molar-refractivity contribution in [3.8, 4) is 0 Å². The van der Waals surface area contributed by atoms with E-state index in [0.717, 1.165) is 0 Å². The van der Waals surface area contributed by atoms with Crippen LogP contribution in [0.1, 0.15) is 28.6 Å². The molecular formula is C8H15LiO4. The van der Waals surface area contributed by atoms with Crippen molar-refractivity contribution in [3.63, 3.8) is 0 Å². The van der Waals surface area contributed by atoms with E-state index in [0.29, 0.717) is 0 Å². The second kappa shape index (κ2) is 5.31. The van der Waals surface area contributed by atoms with Crippen molar-refractivity contribution in [2.24, 2.45) is 11.3 Å². The van der Waals surface area contributed by atoms with Gasteiger partial charge in [-0.15, -0.1) is 0 Å². The molecule has 13 heavy (non-hydrogen) atoms. The molecule has 0 amide bonds. The van der Waals surface area contributed by atoms with Crippen molar-refractivity contribution < 1.29 is 40.1 Å². The van der Waals surface area contributed by atoms with Crippen LogP contribution in [0.3, 0.4) is 0 Å². The molecule has 0 spiro atoms. The van der Waals surface area contributed by atoms with Crippen molar-refractivity contribution in [3.05, 3.63) is 0 Å². The average Bonchev–Trinajstić information content (AvgIpc) is 1.86. The Morgan fingerprint density at radius 3 is 1.62 bits per heavy atom. The molecule has 0 aliphatic rings. The summed E-state index contributed by atoms with van der Waals surface area (Å²) < 4.78 is 0. The molecule has 0 aromatic carbocycles.